The summed E-state index contributed by atoms with van der Waals surface area (Å²) in [6.45, 7) is 7.49. The van der Waals surface area contributed by atoms with E-state index in [2.05, 4.69) is 26.8 Å². The first-order chi connectivity index (χ1) is 10.6. The van der Waals surface area contributed by atoms with Crippen molar-refractivity contribution in [2.24, 2.45) is 0 Å². The zero-order valence-corrected chi connectivity index (χ0v) is 13.6. The number of hydrogen-bond acceptors (Lipinski definition) is 5. The van der Waals surface area contributed by atoms with E-state index in [4.69, 9.17) is 0 Å². The first kappa shape index (κ1) is 15.2. The normalized spacial score (nSPS) is 20.3. The van der Waals surface area contributed by atoms with Gasteiger partial charge in [0.1, 0.15) is 5.69 Å². The minimum Gasteiger partial charge on any atom is -0.338 e. The maximum Gasteiger partial charge on any atom is 0.272 e. The molecule has 0 spiro atoms. The number of carbonyl (C=O) groups excluding carboxylic acids is 1. The third-order valence-electron chi connectivity index (χ3n) is 4.49. The predicted octanol–water partition coefficient (Wildman–Crippen LogP) is 1.16. The van der Waals surface area contributed by atoms with Gasteiger partial charge in [-0.3, -0.25) is 4.79 Å². The first-order valence-electron chi connectivity index (χ1n) is 8.22. The van der Waals surface area contributed by atoms with Crippen LogP contribution in [-0.4, -0.2) is 72.0 Å². The molecule has 1 amide bonds. The van der Waals surface area contributed by atoms with Gasteiger partial charge in [0.15, 0.2) is 0 Å². The van der Waals surface area contributed by atoms with Crippen LogP contribution < -0.4 is 4.90 Å². The van der Waals surface area contributed by atoms with Crippen LogP contribution >= 0.6 is 0 Å². The van der Waals surface area contributed by atoms with E-state index in [1.807, 2.05) is 17.9 Å². The van der Waals surface area contributed by atoms with Crippen molar-refractivity contribution in [3.05, 3.63) is 17.5 Å². The lowest BCUT2D eigenvalue weighted by atomic mass is 10.1. The summed E-state index contributed by atoms with van der Waals surface area (Å²) < 4.78 is 0. The predicted molar refractivity (Wildman–Crippen MR) is 86.2 cm³/mol. The number of aryl methyl sites for hydroxylation is 1. The largest absolute Gasteiger partial charge is 0.338 e. The summed E-state index contributed by atoms with van der Waals surface area (Å²) >= 11 is 0. The Labute approximate surface area is 132 Å². The van der Waals surface area contributed by atoms with E-state index in [-0.39, 0.29) is 5.91 Å². The molecule has 22 heavy (non-hydrogen) atoms. The fourth-order valence-electron chi connectivity index (χ4n) is 3.07. The van der Waals surface area contributed by atoms with Crippen LogP contribution in [0.3, 0.4) is 0 Å². The first-order valence-corrected chi connectivity index (χ1v) is 8.22. The molecule has 0 atom stereocenters. The highest BCUT2D eigenvalue weighted by Gasteiger charge is 2.22. The van der Waals surface area contributed by atoms with E-state index < -0.39 is 0 Å². The Balaban J connectivity index is 1.78. The van der Waals surface area contributed by atoms with Crippen molar-refractivity contribution >= 4 is 11.9 Å². The Bertz CT molecular complexity index is 533. The standard InChI is InChI=1S/C16H25N5O/c1-13-12-14(15(22)20-6-4-3-5-7-20)18-16(17-13)21-10-8-19(2)9-11-21/h12H,3-11H2,1-2H3. The molecule has 0 N–H and O–H groups in total. The zero-order valence-electron chi connectivity index (χ0n) is 13.6. The molecule has 0 aromatic carbocycles. The lowest BCUT2D eigenvalue weighted by Gasteiger charge is -2.33. The number of hydrogen-bond donors (Lipinski definition) is 0. The Morgan fingerprint density at radius 3 is 2.36 bits per heavy atom. The van der Waals surface area contributed by atoms with Crippen LogP contribution in [0, 0.1) is 6.92 Å². The molecule has 0 bridgehead atoms. The maximum absolute atomic E-state index is 12.6. The number of nitrogens with zero attached hydrogens (tertiary/aromatic N) is 5. The fourth-order valence-corrected chi connectivity index (χ4v) is 3.07. The monoisotopic (exact) mass is 303 g/mol. The van der Waals surface area contributed by atoms with Gasteiger partial charge in [-0.05, 0) is 39.3 Å². The highest BCUT2D eigenvalue weighted by Crippen LogP contribution is 2.16. The number of likely N-dealkylation sites (N-methyl/N-ethyl adjacent to an activating group) is 1. The summed E-state index contributed by atoms with van der Waals surface area (Å²) in [4.78, 5) is 28.2. The molecule has 3 heterocycles. The third-order valence-corrected chi connectivity index (χ3v) is 4.49. The zero-order chi connectivity index (χ0) is 15.5. The topological polar surface area (TPSA) is 52.6 Å². The minimum absolute atomic E-state index is 0.0561. The average molecular weight is 303 g/mol. The van der Waals surface area contributed by atoms with Gasteiger partial charge in [-0.25, -0.2) is 9.97 Å². The Hall–Kier alpha value is -1.69. The lowest BCUT2D eigenvalue weighted by Crippen LogP contribution is -2.45. The Morgan fingerprint density at radius 2 is 1.68 bits per heavy atom. The van der Waals surface area contributed by atoms with E-state index >= 15 is 0 Å². The molecule has 120 valence electrons. The number of amides is 1. The summed E-state index contributed by atoms with van der Waals surface area (Å²) in [6.07, 6.45) is 3.42. The van der Waals surface area contributed by atoms with Crippen molar-refractivity contribution in [1.29, 1.82) is 0 Å². The summed E-state index contributed by atoms with van der Waals surface area (Å²) in [5, 5.41) is 0. The molecular weight excluding hydrogens is 278 g/mol. The van der Waals surface area contributed by atoms with E-state index in [1.54, 1.807) is 0 Å². The van der Waals surface area contributed by atoms with Crippen molar-refractivity contribution in [3.8, 4) is 0 Å². The molecule has 0 unspecified atom stereocenters. The van der Waals surface area contributed by atoms with Crippen LogP contribution in [0.25, 0.3) is 0 Å². The van der Waals surface area contributed by atoms with Crippen LogP contribution in [0.1, 0.15) is 35.4 Å². The molecule has 0 radical (unpaired) electrons. The van der Waals surface area contributed by atoms with E-state index in [9.17, 15) is 4.79 Å². The van der Waals surface area contributed by atoms with Crippen molar-refractivity contribution < 1.29 is 4.79 Å². The Morgan fingerprint density at radius 1 is 1.00 bits per heavy atom. The van der Waals surface area contributed by atoms with Gasteiger partial charge in [-0.1, -0.05) is 0 Å². The van der Waals surface area contributed by atoms with Crippen LogP contribution in [0.15, 0.2) is 6.07 Å². The second-order valence-corrected chi connectivity index (χ2v) is 6.34. The number of piperidine rings is 1. The number of anilines is 1. The fraction of sp³-hybridized carbons (Fsp3) is 0.688. The van der Waals surface area contributed by atoms with E-state index in [0.29, 0.717) is 11.6 Å². The molecule has 1 aromatic heterocycles. The molecular formula is C16H25N5O. The van der Waals surface area contributed by atoms with Gasteiger partial charge in [0, 0.05) is 45.0 Å². The number of aromatic nitrogens is 2. The van der Waals surface area contributed by atoms with Crippen LogP contribution in [0.5, 0.6) is 0 Å². The smallest absolute Gasteiger partial charge is 0.272 e. The molecule has 0 saturated carbocycles. The molecule has 1 aromatic rings. The van der Waals surface area contributed by atoms with Crippen LogP contribution in [0.2, 0.25) is 0 Å². The second kappa shape index (κ2) is 6.60. The van der Waals surface area contributed by atoms with Gasteiger partial charge < -0.3 is 14.7 Å². The maximum atomic E-state index is 12.6. The van der Waals surface area contributed by atoms with E-state index in [1.165, 1.54) is 6.42 Å². The number of rotatable bonds is 2. The third kappa shape index (κ3) is 3.38. The Kier molecular flexibility index (Phi) is 4.57. The van der Waals surface area contributed by atoms with Gasteiger partial charge in [-0.2, -0.15) is 0 Å². The number of carbonyl (C=O) groups is 1. The van der Waals surface area contributed by atoms with Gasteiger partial charge in [0.25, 0.3) is 5.91 Å². The molecule has 6 nitrogen and oxygen atoms in total. The highest BCUT2D eigenvalue weighted by molar-refractivity contribution is 5.92. The average Bonchev–Trinajstić information content (AvgIpc) is 2.55. The second-order valence-electron chi connectivity index (χ2n) is 6.34. The summed E-state index contributed by atoms with van der Waals surface area (Å²) in [7, 11) is 2.12. The highest BCUT2D eigenvalue weighted by atomic mass is 16.2. The summed E-state index contributed by atoms with van der Waals surface area (Å²) in [5.74, 6) is 0.758. The molecule has 6 heteroatoms. The molecule has 2 aliphatic rings. The van der Waals surface area contributed by atoms with Gasteiger partial charge >= 0.3 is 0 Å². The lowest BCUT2D eigenvalue weighted by molar-refractivity contribution is 0.0718. The van der Waals surface area contributed by atoms with Gasteiger partial charge in [0.2, 0.25) is 5.95 Å². The molecule has 2 fully saturated rings. The molecule has 0 aliphatic carbocycles. The van der Waals surface area contributed by atoms with Crippen LogP contribution in [-0.2, 0) is 0 Å². The number of likely N-dealkylation sites (tertiary alicyclic amines) is 1. The molecule has 3 rings (SSSR count). The summed E-state index contributed by atoms with van der Waals surface area (Å²) in [5.41, 5.74) is 1.41. The minimum atomic E-state index is 0.0561. The quantitative estimate of drug-likeness (QED) is 0.821. The van der Waals surface area contributed by atoms with Crippen molar-refractivity contribution in [3.63, 3.8) is 0 Å². The van der Waals surface area contributed by atoms with Crippen LogP contribution in [0.4, 0.5) is 5.95 Å². The van der Waals surface area contributed by atoms with Crippen molar-refractivity contribution in [2.75, 3.05) is 51.2 Å². The van der Waals surface area contributed by atoms with Gasteiger partial charge in [-0.15, -0.1) is 0 Å². The molecule has 2 aliphatic heterocycles. The van der Waals surface area contributed by atoms with E-state index in [0.717, 1.165) is 57.8 Å². The van der Waals surface area contributed by atoms with Gasteiger partial charge in [0.05, 0.1) is 0 Å². The molecule has 2 saturated heterocycles. The van der Waals surface area contributed by atoms with Crippen molar-refractivity contribution in [2.45, 2.75) is 26.2 Å². The van der Waals surface area contributed by atoms with Crippen molar-refractivity contribution in [1.82, 2.24) is 19.8 Å². The summed E-state index contributed by atoms with van der Waals surface area (Å²) in [6, 6.07) is 1.82. The SMILES string of the molecule is Cc1cc(C(=O)N2CCCCC2)nc(N2CCN(C)CC2)n1. The number of piperazine rings is 1.